The average Bonchev–Trinajstić information content (AvgIpc) is 3.43. The average molecular weight is 466 g/mol. The van der Waals surface area contributed by atoms with Crippen molar-refractivity contribution in [2.75, 3.05) is 18.5 Å². The minimum Gasteiger partial charge on any atom is -0.314 e. The Morgan fingerprint density at radius 3 is 2.74 bits per heavy atom. The predicted molar refractivity (Wildman–Crippen MR) is 133 cm³/mol. The van der Waals surface area contributed by atoms with Gasteiger partial charge in [-0.1, -0.05) is 32.0 Å². The van der Waals surface area contributed by atoms with Crippen LogP contribution in [-0.2, 0) is 16.0 Å². The number of nitrogens with one attached hydrogen (secondary N) is 1. The number of terminal acetylenes is 1. The highest BCUT2D eigenvalue weighted by Gasteiger charge is 2.41. The van der Waals surface area contributed by atoms with Crippen molar-refractivity contribution >= 4 is 23.2 Å². The summed E-state index contributed by atoms with van der Waals surface area (Å²) in [5.74, 6) is 1.63. The van der Waals surface area contributed by atoms with Crippen LogP contribution in [-0.4, -0.2) is 47.3 Å². The fourth-order valence-electron chi connectivity index (χ4n) is 4.26. The maximum absolute atomic E-state index is 13.8. The fraction of sp³-hybridized carbons (Fsp3) is 0.385. The lowest BCUT2D eigenvalue weighted by molar-refractivity contribution is -0.118. The number of hydrogen-bond donors (Lipinski definition) is 1. The van der Waals surface area contributed by atoms with E-state index in [4.69, 9.17) is 6.42 Å². The van der Waals surface area contributed by atoms with Crippen LogP contribution in [0.1, 0.15) is 51.7 Å². The Morgan fingerprint density at radius 1 is 1.24 bits per heavy atom. The highest BCUT2D eigenvalue weighted by molar-refractivity contribution is 6.45. The molecule has 1 aromatic heterocycles. The lowest BCUT2D eigenvalue weighted by atomic mass is 9.95. The van der Waals surface area contributed by atoms with Gasteiger partial charge in [0.2, 0.25) is 5.91 Å². The number of nitrogens with zero attached hydrogens (tertiary/aromatic N) is 4. The molecule has 3 aliphatic heterocycles. The van der Waals surface area contributed by atoms with Crippen molar-refractivity contribution in [1.82, 2.24) is 15.4 Å². The van der Waals surface area contributed by atoms with Gasteiger partial charge in [0.05, 0.1) is 11.4 Å². The van der Waals surface area contributed by atoms with Gasteiger partial charge in [-0.2, -0.15) is 5.01 Å². The Labute approximate surface area is 201 Å². The molecule has 0 aliphatic carbocycles. The molecule has 4 heterocycles. The van der Waals surface area contributed by atoms with Gasteiger partial charge in [-0.15, -0.1) is 6.42 Å². The zero-order chi connectivity index (χ0) is 24.7. The van der Waals surface area contributed by atoms with Gasteiger partial charge in [0, 0.05) is 33.6 Å². The molecule has 8 heteroatoms. The van der Waals surface area contributed by atoms with E-state index in [1.165, 1.54) is 6.07 Å². The molecule has 1 aromatic carbocycles. The molecule has 2 atom stereocenters. The lowest BCUT2D eigenvalue weighted by Gasteiger charge is -2.18. The molecule has 5 rings (SSSR count). The van der Waals surface area contributed by atoms with Gasteiger partial charge in [0.15, 0.2) is 5.84 Å². The van der Waals surface area contributed by atoms with Gasteiger partial charge < -0.3 is 4.90 Å². The van der Waals surface area contributed by atoms with Crippen molar-refractivity contribution in [3.63, 3.8) is 0 Å². The molecule has 34 heavy (non-hydrogen) atoms. The number of Topliss-reactive ketones (excluding diaryl/α,β-unsaturated/α-hetero) is 1. The third-order valence-electron chi connectivity index (χ3n) is 5.93. The number of fused-ring (bicyclic) bond motifs is 2. The third kappa shape index (κ3) is 5.32. The number of ketones is 1. The standard InChI is InChI=1S/C14H12FN3O.C10H12N2O.C2H6.H2/c1-2-12(19)13-16-14-10(7-8-18(14)17-13)9-5-3-4-6-11(9)15;1-12-9-5-3-7-11-8(9)4-2-6-10(12)13;1-2;/h1,3-6,10,14H,7-8H2,(H,16,17);3,5,7H,2,4,6H2,1H3;1-2H3;1H/t10-,14?;;;/m0.../s1. The molecule has 1 fully saturated rings. The SMILES string of the molecule is C#CC(=O)C1=NC2[C@H](c3ccccc3F)CCN2N1.CC.CN1C(=O)CCCc2ncccc21.[HH]. The lowest BCUT2D eigenvalue weighted by Crippen LogP contribution is -2.40. The van der Waals surface area contributed by atoms with E-state index in [2.05, 4.69) is 15.4 Å². The first-order valence-electron chi connectivity index (χ1n) is 11.6. The summed E-state index contributed by atoms with van der Waals surface area (Å²) in [4.78, 5) is 33.2. The second-order valence-electron chi connectivity index (χ2n) is 7.86. The Kier molecular flexibility index (Phi) is 8.50. The highest BCUT2D eigenvalue weighted by Crippen LogP contribution is 2.36. The number of benzene rings is 1. The van der Waals surface area contributed by atoms with E-state index in [-0.39, 0.29) is 31.1 Å². The van der Waals surface area contributed by atoms with Gasteiger partial charge >= 0.3 is 0 Å². The molecular weight excluding hydrogens is 433 g/mol. The van der Waals surface area contributed by atoms with E-state index < -0.39 is 5.78 Å². The van der Waals surface area contributed by atoms with Crippen molar-refractivity contribution in [3.8, 4) is 12.3 Å². The van der Waals surface area contributed by atoms with Crippen molar-refractivity contribution in [3.05, 3.63) is 59.7 Å². The van der Waals surface area contributed by atoms with E-state index in [0.717, 1.165) is 30.6 Å². The number of halogens is 1. The second kappa shape index (κ2) is 11.5. The van der Waals surface area contributed by atoms with Gasteiger partial charge in [0.1, 0.15) is 12.0 Å². The topological polar surface area (TPSA) is 77.9 Å². The number of aromatic nitrogens is 1. The number of anilines is 1. The van der Waals surface area contributed by atoms with Crippen LogP contribution in [0.4, 0.5) is 10.1 Å². The normalized spacial score (nSPS) is 20.7. The van der Waals surface area contributed by atoms with Crippen molar-refractivity contribution in [2.24, 2.45) is 4.99 Å². The van der Waals surface area contributed by atoms with Crippen LogP contribution in [0, 0.1) is 18.2 Å². The van der Waals surface area contributed by atoms with Gasteiger partial charge in [-0.05, 0) is 48.9 Å². The molecule has 0 radical (unpaired) electrons. The van der Waals surface area contributed by atoms with Crippen LogP contribution >= 0.6 is 0 Å². The first-order chi connectivity index (χ1) is 16.5. The molecule has 1 amide bonds. The van der Waals surface area contributed by atoms with Gasteiger partial charge in [-0.25, -0.2) is 9.38 Å². The van der Waals surface area contributed by atoms with E-state index in [1.807, 2.05) is 44.0 Å². The number of carbonyl (C=O) groups is 2. The molecule has 1 saturated heterocycles. The maximum atomic E-state index is 13.8. The van der Waals surface area contributed by atoms with E-state index in [9.17, 15) is 14.0 Å². The van der Waals surface area contributed by atoms with Gasteiger partial charge in [-0.3, -0.25) is 20.0 Å². The molecule has 180 valence electrons. The summed E-state index contributed by atoms with van der Waals surface area (Å²) in [6.45, 7) is 4.70. The number of aryl methyl sites for hydroxylation is 1. The van der Waals surface area contributed by atoms with Crippen LogP contribution in [0.5, 0.6) is 0 Å². The number of pyridine rings is 1. The molecule has 3 aliphatic rings. The summed E-state index contributed by atoms with van der Waals surface area (Å²) < 4.78 is 13.8. The zero-order valence-electron chi connectivity index (χ0n) is 19.8. The van der Waals surface area contributed by atoms with Crippen molar-refractivity contribution in [2.45, 2.75) is 51.6 Å². The smallest absolute Gasteiger partial charge is 0.271 e. The van der Waals surface area contributed by atoms with Crippen LogP contribution < -0.4 is 10.3 Å². The van der Waals surface area contributed by atoms with Crippen LogP contribution in [0.15, 0.2) is 47.6 Å². The van der Waals surface area contributed by atoms with E-state index in [1.54, 1.807) is 29.3 Å². The van der Waals surface area contributed by atoms with E-state index in [0.29, 0.717) is 18.5 Å². The molecular formula is C26H32FN5O2. The van der Waals surface area contributed by atoms with Crippen LogP contribution in [0.3, 0.4) is 0 Å². The largest absolute Gasteiger partial charge is 0.314 e. The predicted octanol–water partition coefficient (Wildman–Crippen LogP) is 3.71. The summed E-state index contributed by atoms with van der Waals surface area (Å²) in [5, 5.41) is 1.84. The molecule has 0 bridgehead atoms. The minimum atomic E-state index is -0.471. The quantitative estimate of drug-likeness (QED) is 0.540. The number of hydrazine groups is 1. The van der Waals surface area contributed by atoms with Crippen LogP contribution in [0.2, 0.25) is 0 Å². The number of rotatable bonds is 2. The van der Waals surface area contributed by atoms with Gasteiger partial charge in [0.25, 0.3) is 5.78 Å². The molecule has 1 N–H and O–H groups in total. The summed E-state index contributed by atoms with van der Waals surface area (Å²) in [7, 11) is 1.81. The maximum Gasteiger partial charge on any atom is 0.271 e. The summed E-state index contributed by atoms with van der Waals surface area (Å²) in [6.07, 6.45) is 9.84. The molecule has 0 spiro atoms. The first-order valence-corrected chi connectivity index (χ1v) is 11.6. The first kappa shape index (κ1) is 25.1. The molecule has 2 aromatic rings. The summed E-state index contributed by atoms with van der Waals surface area (Å²) in [5.41, 5.74) is 5.53. The number of amides is 1. The Hall–Kier alpha value is -3.57. The van der Waals surface area contributed by atoms with E-state index >= 15 is 0 Å². The van der Waals surface area contributed by atoms with Crippen LogP contribution in [0.25, 0.3) is 0 Å². The minimum absolute atomic E-state index is 0. The number of aliphatic imine (C=N–C) groups is 1. The second-order valence-corrected chi connectivity index (χ2v) is 7.86. The Morgan fingerprint density at radius 2 is 2.00 bits per heavy atom. The molecule has 1 unspecified atom stereocenters. The number of amidine groups is 1. The zero-order valence-corrected chi connectivity index (χ0v) is 19.8. The Balaban J connectivity index is 0.000000237. The molecule has 0 saturated carbocycles. The molecule has 7 nitrogen and oxygen atoms in total. The van der Waals surface area contributed by atoms with Crippen molar-refractivity contribution in [1.29, 1.82) is 0 Å². The number of carbonyl (C=O) groups excluding carboxylic acids is 2. The number of hydrogen-bond acceptors (Lipinski definition) is 6. The monoisotopic (exact) mass is 465 g/mol. The van der Waals surface area contributed by atoms with Crippen molar-refractivity contribution < 1.29 is 15.4 Å². The summed E-state index contributed by atoms with van der Waals surface area (Å²) in [6, 6.07) is 10.5. The highest BCUT2D eigenvalue weighted by atomic mass is 19.1. The Bertz CT molecular complexity index is 1120. The fourth-order valence-corrected chi connectivity index (χ4v) is 4.26. The third-order valence-corrected chi connectivity index (χ3v) is 5.93. The summed E-state index contributed by atoms with van der Waals surface area (Å²) >= 11 is 0.